The molecule has 24 heavy (non-hydrogen) atoms. The van der Waals surface area contributed by atoms with Crippen molar-refractivity contribution in [1.82, 2.24) is 14.8 Å². The van der Waals surface area contributed by atoms with Gasteiger partial charge in [-0.2, -0.15) is 0 Å². The number of benzene rings is 1. The minimum absolute atomic E-state index is 0.272. The predicted molar refractivity (Wildman–Crippen MR) is 95.6 cm³/mol. The number of piperazine rings is 1. The molecule has 4 nitrogen and oxygen atoms in total. The molecular weight excluding hydrogens is 298 g/mol. The van der Waals surface area contributed by atoms with Crippen LogP contribution in [0.25, 0.3) is 0 Å². The number of hydrogen-bond acceptors (Lipinski definition) is 3. The van der Waals surface area contributed by atoms with E-state index in [1.807, 2.05) is 35.5 Å². The largest absolute Gasteiger partial charge is 0.340 e. The number of pyridine rings is 1. The second-order valence-electron chi connectivity index (χ2n) is 6.53. The first-order chi connectivity index (χ1) is 11.7. The first-order valence-electron chi connectivity index (χ1n) is 8.66. The third-order valence-corrected chi connectivity index (χ3v) is 4.73. The van der Waals surface area contributed by atoms with E-state index >= 15 is 0 Å². The molecule has 1 amide bonds. The lowest BCUT2D eigenvalue weighted by Crippen LogP contribution is -2.48. The molecule has 1 atom stereocenters. The molecule has 1 aromatic carbocycles. The lowest BCUT2D eigenvalue weighted by molar-refractivity contribution is -0.133. The van der Waals surface area contributed by atoms with E-state index in [4.69, 9.17) is 0 Å². The van der Waals surface area contributed by atoms with Crippen molar-refractivity contribution in [3.05, 3.63) is 66.0 Å². The van der Waals surface area contributed by atoms with Crippen molar-refractivity contribution in [3.8, 4) is 0 Å². The monoisotopic (exact) mass is 323 g/mol. The third kappa shape index (κ3) is 4.42. The zero-order valence-corrected chi connectivity index (χ0v) is 14.3. The molecule has 1 aromatic heterocycles. The number of aromatic nitrogens is 1. The molecule has 0 aliphatic carbocycles. The fraction of sp³-hybridized carbons (Fsp3) is 0.400. The van der Waals surface area contributed by atoms with Crippen LogP contribution >= 0.6 is 0 Å². The molecule has 126 valence electrons. The minimum atomic E-state index is 0.272. The Morgan fingerprint density at radius 1 is 1.04 bits per heavy atom. The van der Waals surface area contributed by atoms with E-state index in [2.05, 4.69) is 41.1 Å². The Labute approximate surface area is 144 Å². The van der Waals surface area contributed by atoms with Gasteiger partial charge >= 0.3 is 0 Å². The third-order valence-electron chi connectivity index (χ3n) is 4.73. The van der Waals surface area contributed by atoms with Crippen LogP contribution < -0.4 is 0 Å². The molecule has 3 rings (SSSR count). The van der Waals surface area contributed by atoms with Gasteiger partial charge in [-0.1, -0.05) is 37.3 Å². The van der Waals surface area contributed by atoms with E-state index in [-0.39, 0.29) is 11.8 Å². The summed E-state index contributed by atoms with van der Waals surface area (Å²) in [5, 5.41) is 0. The highest BCUT2D eigenvalue weighted by molar-refractivity contribution is 5.77. The molecule has 1 saturated heterocycles. The van der Waals surface area contributed by atoms with Gasteiger partial charge in [0, 0.05) is 51.5 Å². The van der Waals surface area contributed by atoms with Crippen molar-refractivity contribution in [2.75, 3.05) is 26.2 Å². The molecule has 2 aromatic rings. The zero-order valence-electron chi connectivity index (χ0n) is 14.3. The first kappa shape index (κ1) is 16.7. The topological polar surface area (TPSA) is 36.4 Å². The molecule has 2 heterocycles. The lowest BCUT2D eigenvalue weighted by Gasteiger charge is -2.35. The van der Waals surface area contributed by atoms with Crippen LogP contribution in [0, 0.1) is 0 Å². The van der Waals surface area contributed by atoms with Crippen molar-refractivity contribution in [2.24, 2.45) is 0 Å². The Bertz CT molecular complexity index is 636. The van der Waals surface area contributed by atoms with Gasteiger partial charge < -0.3 is 4.90 Å². The van der Waals surface area contributed by atoms with Gasteiger partial charge in [0.25, 0.3) is 0 Å². The molecule has 0 bridgehead atoms. The molecule has 1 fully saturated rings. The molecule has 0 radical (unpaired) electrons. The van der Waals surface area contributed by atoms with E-state index in [1.165, 1.54) is 11.1 Å². The number of carbonyl (C=O) groups excluding carboxylic acids is 1. The van der Waals surface area contributed by atoms with Crippen molar-refractivity contribution in [1.29, 1.82) is 0 Å². The Hall–Kier alpha value is -2.20. The molecule has 1 aliphatic rings. The summed E-state index contributed by atoms with van der Waals surface area (Å²) in [6, 6.07) is 14.4. The van der Waals surface area contributed by atoms with Gasteiger partial charge in [-0.05, 0) is 29.2 Å². The summed E-state index contributed by atoms with van der Waals surface area (Å²) < 4.78 is 0. The van der Waals surface area contributed by atoms with Crippen LogP contribution in [0.1, 0.15) is 30.4 Å². The van der Waals surface area contributed by atoms with Crippen LogP contribution in [0.2, 0.25) is 0 Å². The second-order valence-corrected chi connectivity index (χ2v) is 6.53. The highest BCUT2D eigenvalue weighted by Gasteiger charge is 2.22. The van der Waals surface area contributed by atoms with Crippen LogP contribution in [0.3, 0.4) is 0 Å². The number of rotatable bonds is 5. The molecule has 4 heteroatoms. The second kappa shape index (κ2) is 8.06. The van der Waals surface area contributed by atoms with Crippen LogP contribution in [-0.2, 0) is 11.3 Å². The summed E-state index contributed by atoms with van der Waals surface area (Å²) in [5.41, 5.74) is 2.52. The molecule has 1 aliphatic heterocycles. The average molecular weight is 323 g/mol. The quantitative estimate of drug-likeness (QED) is 0.849. The van der Waals surface area contributed by atoms with Gasteiger partial charge in [0.2, 0.25) is 5.91 Å². The maximum atomic E-state index is 12.5. The van der Waals surface area contributed by atoms with E-state index < -0.39 is 0 Å². The Balaban J connectivity index is 1.47. The molecule has 0 spiro atoms. The smallest absolute Gasteiger partial charge is 0.223 e. The summed E-state index contributed by atoms with van der Waals surface area (Å²) in [7, 11) is 0. The van der Waals surface area contributed by atoms with Crippen molar-refractivity contribution < 1.29 is 4.79 Å². The zero-order chi connectivity index (χ0) is 16.8. The summed E-state index contributed by atoms with van der Waals surface area (Å²) >= 11 is 0. The van der Waals surface area contributed by atoms with Crippen LogP contribution in [0.15, 0.2) is 54.9 Å². The first-order valence-corrected chi connectivity index (χ1v) is 8.66. The Kier molecular flexibility index (Phi) is 5.59. The molecule has 0 N–H and O–H groups in total. The molecule has 0 saturated carbocycles. The van der Waals surface area contributed by atoms with E-state index in [9.17, 15) is 4.79 Å². The highest BCUT2D eigenvalue weighted by atomic mass is 16.2. The number of carbonyl (C=O) groups is 1. The fourth-order valence-electron chi connectivity index (χ4n) is 3.19. The fourth-order valence-corrected chi connectivity index (χ4v) is 3.19. The summed E-state index contributed by atoms with van der Waals surface area (Å²) in [5.74, 6) is 0.545. The number of hydrogen-bond donors (Lipinski definition) is 0. The summed E-state index contributed by atoms with van der Waals surface area (Å²) in [6.07, 6.45) is 4.26. The van der Waals surface area contributed by atoms with Crippen LogP contribution in [0.5, 0.6) is 0 Å². The maximum Gasteiger partial charge on any atom is 0.223 e. The standard InChI is InChI=1S/C20H25N3O/c1-17(19-5-3-2-4-6-19)15-20(24)23-13-11-22(12-14-23)16-18-7-9-21-10-8-18/h2-10,17H,11-16H2,1H3. The minimum Gasteiger partial charge on any atom is -0.340 e. The van der Waals surface area contributed by atoms with Crippen LogP contribution in [0.4, 0.5) is 0 Å². The van der Waals surface area contributed by atoms with Crippen molar-refractivity contribution in [2.45, 2.75) is 25.8 Å². The number of nitrogens with zero attached hydrogens (tertiary/aromatic N) is 3. The Morgan fingerprint density at radius 2 is 1.71 bits per heavy atom. The van der Waals surface area contributed by atoms with Gasteiger partial charge in [-0.25, -0.2) is 0 Å². The van der Waals surface area contributed by atoms with E-state index in [0.29, 0.717) is 6.42 Å². The van der Waals surface area contributed by atoms with E-state index in [1.54, 1.807) is 0 Å². The molecular formula is C20H25N3O. The maximum absolute atomic E-state index is 12.5. The van der Waals surface area contributed by atoms with Gasteiger partial charge in [0.05, 0.1) is 0 Å². The van der Waals surface area contributed by atoms with Gasteiger partial charge in [0.15, 0.2) is 0 Å². The van der Waals surface area contributed by atoms with Crippen molar-refractivity contribution in [3.63, 3.8) is 0 Å². The SMILES string of the molecule is CC(CC(=O)N1CCN(Cc2ccncc2)CC1)c1ccccc1. The Morgan fingerprint density at radius 3 is 2.38 bits per heavy atom. The number of amides is 1. The molecule has 1 unspecified atom stereocenters. The van der Waals surface area contributed by atoms with Crippen molar-refractivity contribution >= 4 is 5.91 Å². The van der Waals surface area contributed by atoms with Crippen LogP contribution in [-0.4, -0.2) is 46.9 Å². The highest BCUT2D eigenvalue weighted by Crippen LogP contribution is 2.20. The predicted octanol–water partition coefficient (Wildman–Crippen LogP) is 2.92. The van der Waals surface area contributed by atoms with Gasteiger partial charge in [-0.3, -0.25) is 14.7 Å². The van der Waals surface area contributed by atoms with Gasteiger partial charge in [0.1, 0.15) is 0 Å². The normalized spacial score (nSPS) is 16.8. The average Bonchev–Trinajstić information content (AvgIpc) is 2.64. The van der Waals surface area contributed by atoms with E-state index in [0.717, 1.165) is 32.7 Å². The summed E-state index contributed by atoms with van der Waals surface area (Å²) in [6.45, 7) is 6.59. The lowest BCUT2D eigenvalue weighted by atomic mass is 9.97. The van der Waals surface area contributed by atoms with Gasteiger partial charge in [-0.15, -0.1) is 0 Å². The summed E-state index contributed by atoms with van der Waals surface area (Å²) in [4.78, 5) is 21.0.